The van der Waals surface area contributed by atoms with E-state index in [2.05, 4.69) is 15.3 Å². The lowest BCUT2D eigenvalue weighted by molar-refractivity contribution is -0.139. The van der Waals surface area contributed by atoms with E-state index in [1.165, 1.54) is 12.3 Å². The number of hydrogen-bond donors (Lipinski definition) is 4. The van der Waals surface area contributed by atoms with Crippen LogP contribution in [0.15, 0.2) is 29.4 Å². The maximum absolute atomic E-state index is 12.5. The van der Waals surface area contributed by atoms with Crippen LogP contribution in [0, 0.1) is 5.92 Å². The zero-order chi connectivity index (χ0) is 19.4. The highest BCUT2D eigenvalue weighted by molar-refractivity contribution is 6.35. The van der Waals surface area contributed by atoms with E-state index < -0.39 is 17.9 Å². The molecule has 0 aliphatic carbocycles. The number of carbonyl (C=O) groups excluding carboxylic acids is 1. The van der Waals surface area contributed by atoms with E-state index in [4.69, 9.17) is 23.1 Å². The molecule has 6 N–H and O–H groups in total. The zero-order valence-electron chi connectivity index (χ0n) is 14.4. The number of guanidine groups is 1. The number of fused-ring (bicyclic) bond motifs is 1. The van der Waals surface area contributed by atoms with Gasteiger partial charge in [0, 0.05) is 22.5 Å². The maximum Gasteiger partial charge on any atom is 0.326 e. The Hall–Kier alpha value is -2.87. The molecule has 26 heavy (non-hydrogen) atoms. The summed E-state index contributed by atoms with van der Waals surface area (Å²) in [4.78, 5) is 31.8. The van der Waals surface area contributed by atoms with E-state index in [1.807, 2.05) is 13.8 Å². The lowest BCUT2D eigenvalue weighted by Crippen LogP contribution is -2.41. The van der Waals surface area contributed by atoms with Crippen molar-refractivity contribution in [1.82, 2.24) is 10.3 Å². The van der Waals surface area contributed by atoms with Crippen LogP contribution in [0.5, 0.6) is 0 Å². The molecule has 1 atom stereocenters. The highest BCUT2D eigenvalue weighted by Gasteiger charge is 2.22. The molecule has 0 aliphatic rings. The van der Waals surface area contributed by atoms with Gasteiger partial charge in [-0.1, -0.05) is 31.5 Å². The molecule has 0 unspecified atom stereocenters. The van der Waals surface area contributed by atoms with Crippen LogP contribution in [0.3, 0.4) is 0 Å². The van der Waals surface area contributed by atoms with Gasteiger partial charge in [-0.05, 0) is 24.5 Å². The fourth-order valence-electron chi connectivity index (χ4n) is 2.48. The molecule has 0 spiro atoms. The van der Waals surface area contributed by atoms with Gasteiger partial charge >= 0.3 is 5.97 Å². The number of halogens is 1. The molecule has 9 heteroatoms. The fourth-order valence-corrected chi connectivity index (χ4v) is 2.70. The van der Waals surface area contributed by atoms with Crippen molar-refractivity contribution in [3.05, 3.63) is 35.0 Å². The Balaban J connectivity index is 2.42. The highest BCUT2D eigenvalue weighted by atomic mass is 35.5. The standard InChI is InChI=1S/C17H20ClN5O3/c1-8(2)5-13(16(25)26)22-15(24)9-3-4-10-11(6-9)14(23-17(19)20)21-7-12(10)18/h3-4,6-8,13H,5H2,1-2H3,(H,22,24)(H,25,26)(H4,19,20,21,23)/t13-/m0/s1. The van der Waals surface area contributed by atoms with E-state index in [1.54, 1.807) is 12.1 Å². The number of benzene rings is 1. The summed E-state index contributed by atoms with van der Waals surface area (Å²) in [6, 6.07) is 3.74. The average molecular weight is 378 g/mol. The maximum atomic E-state index is 12.5. The number of carbonyl (C=O) groups is 2. The molecule has 0 fully saturated rings. The van der Waals surface area contributed by atoms with Crippen LogP contribution < -0.4 is 16.8 Å². The second kappa shape index (κ2) is 8.01. The number of nitrogens with zero attached hydrogens (tertiary/aromatic N) is 2. The van der Waals surface area contributed by atoms with Crippen molar-refractivity contribution in [1.29, 1.82) is 0 Å². The summed E-state index contributed by atoms with van der Waals surface area (Å²) in [5, 5.41) is 13.3. The molecule has 0 radical (unpaired) electrons. The number of carboxylic acids is 1. The summed E-state index contributed by atoms with van der Waals surface area (Å²) in [6.45, 7) is 3.76. The molecule has 1 heterocycles. The topological polar surface area (TPSA) is 144 Å². The lowest BCUT2D eigenvalue weighted by atomic mass is 10.0. The summed E-state index contributed by atoms with van der Waals surface area (Å²) >= 11 is 6.13. The van der Waals surface area contributed by atoms with Crippen LogP contribution in [0.1, 0.15) is 30.6 Å². The van der Waals surface area contributed by atoms with Crippen LogP contribution in [-0.2, 0) is 4.79 Å². The monoisotopic (exact) mass is 377 g/mol. The predicted octanol–water partition coefficient (Wildman–Crippen LogP) is 2.02. The molecule has 0 aliphatic heterocycles. The number of aromatic nitrogens is 1. The minimum absolute atomic E-state index is 0.115. The first-order valence-electron chi connectivity index (χ1n) is 7.90. The van der Waals surface area contributed by atoms with Gasteiger partial charge in [-0.3, -0.25) is 4.79 Å². The van der Waals surface area contributed by atoms with Crippen LogP contribution in [0.2, 0.25) is 5.02 Å². The Labute approximate surface area is 155 Å². The number of nitrogens with one attached hydrogen (secondary N) is 1. The minimum atomic E-state index is -1.08. The average Bonchev–Trinajstić information content (AvgIpc) is 2.55. The van der Waals surface area contributed by atoms with Crippen LogP contribution >= 0.6 is 11.6 Å². The first-order valence-corrected chi connectivity index (χ1v) is 8.28. The number of amides is 1. The first-order chi connectivity index (χ1) is 12.2. The van der Waals surface area contributed by atoms with Crippen molar-refractivity contribution in [2.45, 2.75) is 26.3 Å². The number of nitrogens with two attached hydrogens (primary N) is 2. The van der Waals surface area contributed by atoms with Gasteiger partial charge in [-0.25, -0.2) is 9.78 Å². The summed E-state index contributed by atoms with van der Waals surface area (Å²) in [7, 11) is 0. The van der Waals surface area contributed by atoms with E-state index in [0.717, 1.165) is 0 Å². The molecule has 1 aromatic carbocycles. The number of aliphatic carboxylic acids is 1. The highest BCUT2D eigenvalue weighted by Crippen LogP contribution is 2.30. The lowest BCUT2D eigenvalue weighted by Gasteiger charge is -2.16. The fraction of sp³-hybridized carbons (Fsp3) is 0.294. The second-order valence-corrected chi connectivity index (χ2v) is 6.63. The molecule has 2 rings (SSSR count). The Morgan fingerprint density at radius 2 is 2.00 bits per heavy atom. The van der Waals surface area contributed by atoms with Crippen molar-refractivity contribution in [3.63, 3.8) is 0 Å². The van der Waals surface area contributed by atoms with E-state index >= 15 is 0 Å². The molecule has 0 saturated heterocycles. The number of carboxylic acid groups (broad SMARTS) is 1. The summed E-state index contributed by atoms with van der Waals surface area (Å²) < 4.78 is 0. The third-order valence-corrected chi connectivity index (χ3v) is 3.93. The Morgan fingerprint density at radius 3 is 2.58 bits per heavy atom. The SMILES string of the molecule is CC(C)C[C@H](NC(=O)c1ccc2c(Cl)cnc(N=C(N)N)c2c1)C(=O)O. The normalized spacial score (nSPS) is 12.0. The zero-order valence-corrected chi connectivity index (χ0v) is 15.1. The molecular formula is C17H20ClN5O3. The van der Waals surface area contributed by atoms with Gasteiger partial charge in [0.2, 0.25) is 0 Å². The Morgan fingerprint density at radius 1 is 1.31 bits per heavy atom. The van der Waals surface area contributed by atoms with Gasteiger partial charge in [-0.15, -0.1) is 0 Å². The predicted molar refractivity (Wildman–Crippen MR) is 101 cm³/mol. The van der Waals surface area contributed by atoms with Crippen molar-refractivity contribution in [2.24, 2.45) is 22.4 Å². The van der Waals surface area contributed by atoms with Crippen molar-refractivity contribution >= 4 is 46.0 Å². The number of hydrogen-bond acceptors (Lipinski definition) is 4. The molecule has 2 aromatic rings. The van der Waals surface area contributed by atoms with Crippen LogP contribution in [-0.4, -0.2) is 34.0 Å². The quantitative estimate of drug-likeness (QED) is 0.447. The minimum Gasteiger partial charge on any atom is -0.480 e. The summed E-state index contributed by atoms with van der Waals surface area (Å²) in [5.41, 5.74) is 11.1. The molecule has 1 aromatic heterocycles. The van der Waals surface area contributed by atoms with E-state index in [-0.39, 0.29) is 23.3 Å². The van der Waals surface area contributed by atoms with E-state index in [0.29, 0.717) is 22.2 Å². The molecule has 0 saturated carbocycles. The smallest absolute Gasteiger partial charge is 0.326 e. The number of pyridine rings is 1. The van der Waals surface area contributed by atoms with Crippen molar-refractivity contribution in [2.75, 3.05) is 0 Å². The number of aliphatic imine (C=N–C) groups is 1. The summed E-state index contributed by atoms with van der Waals surface area (Å²) in [6.07, 6.45) is 1.73. The third-order valence-electron chi connectivity index (χ3n) is 3.63. The Bertz CT molecular complexity index is 878. The van der Waals surface area contributed by atoms with Crippen LogP contribution in [0.25, 0.3) is 10.8 Å². The van der Waals surface area contributed by atoms with Gasteiger partial charge < -0.3 is 21.9 Å². The third kappa shape index (κ3) is 4.60. The van der Waals surface area contributed by atoms with Gasteiger partial charge in [0.05, 0.1) is 5.02 Å². The van der Waals surface area contributed by atoms with Gasteiger partial charge in [0.25, 0.3) is 5.91 Å². The first kappa shape index (κ1) is 19.5. The Kier molecular flexibility index (Phi) is 5.99. The van der Waals surface area contributed by atoms with Gasteiger partial charge in [0.1, 0.15) is 6.04 Å². The van der Waals surface area contributed by atoms with Crippen LogP contribution in [0.4, 0.5) is 5.82 Å². The summed E-state index contributed by atoms with van der Waals surface area (Å²) in [5.74, 6) is -1.45. The van der Waals surface area contributed by atoms with Gasteiger partial charge in [-0.2, -0.15) is 4.99 Å². The van der Waals surface area contributed by atoms with Crippen molar-refractivity contribution in [3.8, 4) is 0 Å². The molecule has 138 valence electrons. The van der Waals surface area contributed by atoms with E-state index in [9.17, 15) is 14.7 Å². The molecule has 8 nitrogen and oxygen atoms in total. The largest absolute Gasteiger partial charge is 0.480 e. The second-order valence-electron chi connectivity index (χ2n) is 6.22. The molecule has 1 amide bonds. The van der Waals surface area contributed by atoms with Crippen molar-refractivity contribution < 1.29 is 14.7 Å². The molecule has 0 bridgehead atoms. The molecular weight excluding hydrogens is 358 g/mol. The number of rotatable bonds is 6. The van der Waals surface area contributed by atoms with Gasteiger partial charge in [0.15, 0.2) is 11.8 Å².